The van der Waals surface area contributed by atoms with Crippen LogP contribution >= 0.6 is 0 Å². The van der Waals surface area contributed by atoms with Crippen LogP contribution in [0.1, 0.15) is 27.9 Å². The molecule has 0 radical (unpaired) electrons. The average Bonchev–Trinajstić information content (AvgIpc) is 3.40. The van der Waals surface area contributed by atoms with Gasteiger partial charge in [0.25, 0.3) is 10.1 Å². The molecule has 0 aliphatic heterocycles. The summed E-state index contributed by atoms with van der Waals surface area (Å²) in [6.07, 6.45) is 4.15. The van der Waals surface area contributed by atoms with Crippen molar-refractivity contribution in [2.45, 2.75) is 23.8 Å². The molecule has 0 bridgehead atoms. The molecule has 0 spiro atoms. The molecule has 4 aromatic carbocycles. The van der Waals surface area contributed by atoms with Crippen LogP contribution in [0.25, 0.3) is 0 Å². The molecule has 0 saturated carbocycles. The molecule has 1 heterocycles. The predicted octanol–water partition coefficient (Wildman–Crippen LogP) is 5.98. The maximum atomic E-state index is 12.6. The van der Waals surface area contributed by atoms with Gasteiger partial charge in [0.15, 0.2) is 0 Å². The Morgan fingerprint density at radius 3 is 1.70 bits per heavy atom. The lowest BCUT2D eigenvalue weighted by Crippen LogP contribution is -2.36. The molecule has 6 heteroatoms. The van der Waals surface area contributed by atoms with Gasteiger partial charge in [0, 0.05) is 12.6 Å². The zero-order chi connectivity index (χ0) is 25.7. The van der Waals surface area contributed by atoms with Crippen LogP contribution in [0.15, 0.2) is 133 Å². The van der Waals surface area contributed by atoms with Gasteiger partial charge in [0.05, 0.1) is 23.5 Å². The molecule has 0 aliphatic rings. The normalized spacial score (nSPS) is 11.9. The highest BCUT2D eigenvalue weighted by Gasteiger charge is 2.38. The number of aromatic nitrogens is 2. The molecule has 37 heavy (non-hydrogen) atoms. The fourth-order valence-electron chi connectivity index (χ4n) is 4.69. The standard InChI is InChI=1S/C31H28N2O3S/c1-25-17-19-30(20-18-25)37(34,35)36-22-21-29-23-33(24-32-29)31(26-11-5-2-6-12-26,27-13-7-3-8-14-27)28-15-9-4-10-16-28/h2-20,23-24H,21-22H2,1H3. The third kappa shape index (κ3) is 4.99. The molecule has 0 saturated heterocycles. The Bertz CT molecular complexity index is 1450. The SMILES string of the molecule is Cc1ccc(S(=O)(=O)OCCc2cn(C(c3ccccc3)(c3ccccc3)c3ccccc3)cn2)cc1. The Morgan fingerprint density at radius 2 is 1.22 bits per heavy atom. The lowest BCUT2D eigenvalue weighted by Gasteiger charge is -2.37. The number of benzene rings is 4. The summed E-state index contributed by atoms with van der Waals surface area (Å²) in [5.41, 5.74) is 4.34. The first-order chi connectivity index (χ1) is 18.0. The van der Waals surface area contributed by atoms with Crippen molar-refractivity contribution in [3.05, 3.63) is 156 Å². The monoisotopic (exact) mass is 508 g/mol. The summed E-state index contributed by atoms with van der Waals surface area (Å²) >= 11 is 0. The molecule has 5 nitrogen and oxygen atoms in total. The maximum Gasteiger partial charge on any atom is 0.296 e. The van der Waals surface area contributed by atoms with Crippen LogP contribution in [0.4, 0.5) is 0 Å². The Morgan fingerprint density at radius 1 is 0.730 bits per heavy atom. The van der Waals surface area contributed by atoms with Gasteiger partial charge in [-0.2, -0.15) is 8.42 Å². The van der Waals surface area contributed by atoms with Crippen LogP contribution in [-0.4, -0.2) is 24.6 Å². The van der Waals surface area contributed by atoms with Gasteiger partial charge < -0.3 is 4.57 Å². The minimum Gasteiger partial charge on any atom is -0.319 e. The molecule has 1 aromatic heterocycles. The Kier molecular flexibility index (Phi) is 7.04. The Hall–Kier alpha value is -4.00. The van der Waals surface area contributed by atoms with E-state index in [-0.39, 0.29) is 11.5 Å². The van der Waals surface area contributed by atoms with Crippen LogP contribution < -0.4 is 0 Å². The summed E-state index contributed by atoms with van der Waals surface area (Å²) in [5.74, 6) is 0. The summed E-state index contributed by atoms with van der Waals surface area (Å²) in [4.78, 5) is 4.80. The highest BCUT2D eigenvalue weighted by molar-refractivity contribution is 7.86. The fourth-order valence-corrected chi connectivity index (χ4v) is 5.60. The molecule has 0 fully saturated rings. The van der Waals surface area contributed by atoms with Crippen molar-refractivity contribution in [1.29, 1.82) is 0 Å². The Labute approximate surface area is 218 Å². The van der Waals surface area contributed by atoms with Crippen LogP contribution in [0.5, 0.6) is 0 Å². The van der Waals surface area contributed by atoms with Gasteiger partial charge >= 0.3 is 0 Å². The minimum absolute atomic E-state index is 0.00222. The second-order valence-electron chi connectivity index (χ2n) is 8.92. The third-order valence-corrected chi connectivity index (χ3v) is 7.83. The molecular weight excluding hydrogens is 480 g/mol. The number of rotatable bonds is 9. The summed E-state index contributed by atoms with van der Waals surface area (Å²) < 4.78 is 32.6. The van der Waals surface area contributed by atoms with E-state index in [0.717, 1.165) is 27.9 Å². The summed E-state index contributed by atoms with van der Waals surface area (Å²) in [5, 5.41) is 0. The third-order valence-electron chi connectivity index (χ3n) is 6.50. The Balaban J connectivity index is 1.50. The molecule has 0 amide bonds. The van der Waals surface area contributed by atoms with Crippen molar-refractivity contribution in [3.8, 4) is 0 Å². The van der Waals surface area contributed by atoms with E-state index in [4.69, 9.17) is 4.18 Å². The molecule has 0 unspecified atom stereocenters. The highest BCUT2D eigenvalue weighted by Crippen LogP contribution is 2.40. The van der Waals surface area contributed by atoms with E-state index in [2.05, 4.69) is 45.9 Å². The number of hydrogen-bond acceptors (Lipinski definition) is 4. The summed E-state index contributed by atoms with van der Waals surface area (Å²) in [7, 11) is -3.83. The predicted molar refractivity (Wildman–Crippen MR) is 145 cm³/mol. The van der Waals surface area contributed by atoms with Gasteiger partial charge in [0.2, 0.25) is 0 Å². The number of aryl methyl sites for hydroxylation is 1. The van der Waals surface area contributed by atoms with Crippen molar-refractivity contribution in [1.82, 2.24) is 9.55 Å². The first kappa shape index (κ1) is 24.7. The van der Waals surface area contributed by atoms with Crippen molar-refractivity contribution >= 4 is 10.1 Å². The van der Waals surface area contributed by atoms with Gasteiger partial charge in [-0.1, -0.05) is 109 Å². The summed E-state index contributed by atoms with van der Waals surface area (Å²) in [6.45, 7) is 1.91. The quantitative estimate of drug-likeness (QED) is 0.182. The van der Waals surface area contributed by atoms with Gasteiger partial charge in [-0.3, -0.25) is 4.18 Å². The first-order valence-corrected chi connectivity index (χ1v) is 13.6. The van der Waals surface area contributed by atoms with E-state index in [0.29, 0.717) is 6.42 Å². The molecular formula is C31H28N2O3S. The zero-order valence-corrected chi connectivity index (χ0v) is 21.4. The second-order valence-corrected chi connectivity index (χ2v) is 10.5. The van der Waals surface area contributed by atoms with E-state index < -0.39 is 15.7 Å². The average molecular weight is 509 g/mol. The number of nitrogens with zero attached hydrogens (tertiary/aromatic N) is 2. The fraction of sp³-hybridized carbons (Fsp3) is 0.129. The second kappa shape index (κ2) is 10.5. The topological polar surface area (TPSA) is 61.2 Å². The number of imidazole rings is 1. The van der Waals surface area contributed by atoms with Gasteiger partial charge in [-0.25, -0.2) is 4.98 Å². The smallest absolute Gasteiger partial charge is 0.296 e. The van der Waals surface area contributed by atoms with E-state index >= 15 is 0 Å². The van der Waals surface area contributed by atoms with Gasteiger partial charge in [-0.05, 0) is 35.7 Å². The summed E-state index contributed by atoms with van der Waals surface area (Å²) in [6, 6.07) is 37.6. The molecule has 5 aromatic rings. The highest BCUT2D eigenvalue weighted by atomic mass is 32.2. The lowest BCUT2D eigenvalue weighted by atomic mass is 9.77. The molecule has 5 rings (SSSR count). The van der Waals surface area contributed by atoms with Crippen molar-refractivity contribution in [2.24, 2.45) is 0 Å². The molecule has 186 valence electrons. The molecule has 0 atom stereocenters. The van der Waals surface area contributed by atoms with Crippen molar-refractivity contribution < 1.29 is 12.6 Å². The van der Waals surface area contributed by atoms with E-state index in [1.54, 1.807) is 24.3 Å². The van der Waals surface area contributed by atoms with E-state index in [9.17, 15) is 8.42 Å². The van der Waals surface area contributed by atoms with Crippen molar-refractivity contribution in [3.63, 3.8) is 0 Å². The van der Waals surface area contributed by atoms with Crippen LogP contribution in [0.3, 0.4) is 0 Å². The van der Waals surface area contributed by atoms with Crippen LogP contribution in [0.2, 0.25) is 0 Å². The lowest BCUT2D eigenvalue weighted by molar-refractivity contribution is 0.321. The molecule has 0 N–H and O–H groups in total. The van der Waals surface area contributed by atoms with E-state index in [1.165, 1.54) is 0 Å². The van der Waals surface area contributed by atoms with Crippen LogP contribution in [-0.2, 0) is 26.3 Å². The van der Waals surface area contributed by atoms with Gasteiger partial charge in [0.1, 0.15) is 5.54 Å². The zero-order valence-electron chi connectivity index (χ0n) is 20.6. The van der Waals surface area contributed by atoms with Gasteiger partial charge in [-0.15, -0.1) is 0 Å². The largest absolute Gasteiger partial charge is 0.319 e. The first-order valence-electron chi connectivity index (χ1n) is 12.2. The minimum atomic E-state index is -3.83. The number of hydrogen-bond donors (Lipinski definition) is 0. The van der Waals surface area contributed by atoms with E-state index in [1.807, 2.05) is 74.0 Å². The molecule has 0 aliphatic carbocycles. The van der Waals surface area contributed by atoms with Crippen LogP contribution in [0, 0.1) is 6.92 Å². The van der Waals surface area contributed by atoms with Crippen molar-refractivity contribution in [2.75, 3.05) is 6.61 Å². The maximum absolute atomic E-state index is 12.6.